The van der Waals surface area contributed by atoms with Crippen molar-refractivity contribution in [2.75, 3.05) is 33.4 Å². The summed E-state index contributed by atoms with van der Waals surface area (Å²) < 4.78 is 19.8. The Morgan fingerprint density at radius 3 is 2.76 bits per heavy atom. The number of ether oxygens (including phenoxy) is 1. The van der Waals surface area contributed by atoms with Crippen LogP contribution in [0.4, 0.5) is 4.39 Å². The Hall–Kier alpha value is -4.01. The first-order valence-electron chi connectivity index (χ1n) is 12.8. The zero-order chi connectivity index (χ0) is 26.3. The van der Waals surface area contributed by atoms with Gasteiger partial charge in [0.05, 0.1) is 18.3 Å². The van der Waals surface area contributed by atoms with Crippen LogP contribution in [0.2, 0.25) is 0 Å². The van der Waals surface area contributed by atoms with Gasteiger partial charge in [-0.25, -0.2) is 14.4 Å². The van der Waals surface area contributed by atoms with Gasteiger partial charge < -0.3 is 15.4 Å². The van der Waals surface area contributed by atoms with Gasteiger partial charge >= 0.3 is 0 Å². The van der Waals surface area contributed by atoms with Crippen LogP contribution in [-0.2, 0) is 4.74 Å². The van der Waals surface area contributed by atoms with Crippen LogP contribution in [-0.4, -0.2) is 65.5 Å². The summed E-state index contributed by atoms with van der Waals surface area (Å²) in [6, 6.07) is 14.6. The third-order valence-electron chi connectivity index (χ3n) is 6.89. The molecule has 0 saturated carbocycles. The third kappa shape index (κ3) is 5.77. The van der Waals surface area contributed by atoms with E-state index in [4.69, 9.17) is 15.5 Å². The Morgan fingerprint density at radius 1 is 1.13 bits per heavy atom. The molecule has 1 saturated heterocycles. The second-order valence-electron chi connectivity index (χ2n) is 9.34. The van der Waals surface area contributed by atoms with Crippen molar-refractivity contribution in [1.29, 1.82) is 0 Å². The Balaban J connectivity index is 1.43. The molecule has 0 radical (unpaired) electrons. The second kappa shape index (κ2) is 12.0. The maximum Gasteiger partial charge on any atom is 0.160 e. The molecule has 1 aliphatic heterocycles. The highest BCUT2D eigenvalue weighted by atomic mass is 19.1. The number of fused-ring (bicyclic) bond motifs is 1. The summed E-state index contributed by atoms with van der Waals surface area (Å²) in [7, 11) is 1.73. The molecule has 3 aromatic heterocycles. The monoisotopic (exact) mass is 510 g/mol. The fourth-order valence-corrected chi connectivity index (χ4v) is 4.76. The molecule has 38 heavy (non-hydrogen) atoms. The minimum Gasteiger partial charge on any atom is -0.404 e. The number of halogens is 1. The molecule has 2 N–H and O–H groups in total. The summed E-state index contributed by atoms with van der Waals surface area (Å²) >= 11 is 0. The van der Waals surface area contributed by atoms with Crippen molar-refractivity contribution in [3.05, 3.63) is 84.7 Å². The molecule has 1 aliphatic rings. The zero-order valence-corrected chi connectivity index (χ0v) is 21.4. The van der Waals surface area contributed by atoms with Crippen LogP contribution in [0.5, 0.6) is 0 Å². The van der Waals surface area contributed by atoms with Gasteiger partial charge in [-0.15, -0.1) is 0 Å². The number of aliphatic imine (C=N–C) groups is 1. The lowest BCUT2D eigenvalue weighted by atomic mass is 9.98. The summed E-state index contributed by atoms with van der Waals surface area (Å²) in [4.78, 5) is 20.8. The molecule has 0 unspecified atom stereocenters. The van der Waals surface area contributed by atoms with E-state index in [9.17, 15) is 4.39 Å². The van der Waals surface area contributed by atoms with Crippen molar-refractivity contribution >= 4 is 22.8 Å². The van der Waals surface area contributed by atoms with Crippen molar-refractivity contribution in [3.63, 3.8) is 0 Å². The Labute approximate surface area is 221 Å². The molecular weight excluding hydrogens is 479 g/mol. The van der Waals surface area contributed by atoms with Crippen LogP contribution in [0.3, 0.4) is 0 Å². The van der Waals surface area contributed by atoms with E-state index in [0.717, 1.165) is 66.7 Å². The van der Waals surface area contributed by atoms with E-state index in [1.54, 1.807) is 50.1 Å². The number of allylic oxidation sites excluding steroid dienone is 1. The lowest BCUT2D eigenvalue weighted by Gasteiger charge is -2.29. The molecule has 0 aliphatic carbocycles. The van der Waals surface area contributed by atoms with Gasteiger partial charge in [-0.1, -0.05) is 12.1 Å². The predicted molar refractivity (Wildman–Crippen MR) is 150 cm³/mol. The molecule has 4 aromatic rings. The molecule has 4 heterocycles. The highest BCUT2D eigenvalue weighted by Gasteiger charge is 2.18. The largest absolute Gasteiger partial charge is 0.404 e. The van der Waals surface area contributed by atoms with E-state index >= 15 is 0 Å². The van der Waals surface area contributed by atoms with Gasteiger partial charge in [0.2, 0.25) is 0 Å². The minimum absolute atomic E-state index is 0.262. The van der Waals surface area contributed by atoms with E-state index in [0.29, 0.717) is 16.9 Å². The standard InChI is InChI=1S/C30H31FN6O/c1-38-14-13-37-11-8-24(9-12-37)35-20-23(17-32)21-15-22(19-33-18-21)27-16-29(26-5-2-3-7-28(26)31)36-30-25(27)6-4-10-34-30/h2-7,10,15-20,24H,8-9,11-14,32H2,1H3. The number of methoxy groups -OCH3 is 1. The van der Waals surface area contributed by atoms with Crippen molar-refractivity contribution < 1.29 is 9.13 Å². The number of aromatic nitrogens is 3. The van der Waals surface area contributed by atoms with Crippen molar-refractivity contribution in [2.24, 2.45) is 10.7 Å². The number of piperidine rings is 1. The fourth-order valence-electron chi connectivity index (χ4n) is 4.76. The Bertz CT molecular complexity index is 1460. The van der Waals surface area contributed by atoms with Crippen LogP contribution >= 0.6 is 0 Å². The maximum absolute atomic E-state index is 14.6. The highest BCUT2D eigenvalue weighted by molar-refractivity contribution is 6.10. The molecule has 1 aromatic carbocycles. The summed E-state index contributed by atoms with van der Waals surface area (Å²) in [6.45, 7) is 3.73. The molecule has 0 bridgehead atoms. The first-order chi connectivity index (χ1) is 18.7. The molecule has 8 heteroatoms. The fraction of sp³-hybridized carbons (Fsp3) is 0.267. The zero-order valence-electron chi connectivity index (χ0n) is 21.4. The average molecular weight is 511 g/mol. The van der Waals surface area contributed by atoms with Gasteiger partial charge in [0.25, 0.3) is 0 Å². The predicted octanol–water partition coefficient (Wildman–Crippen LogP) is 4.98. The maximum atomic E-state index is 14.6. The van der Waals surface area contributed by atoms with Crippen molar-refractivity contribution in [2.45, 2.75) is 18.9 Å². The van der Waals surface area contributed by atoms with Crippen LogP contribution in [0.15, 0.2) is 78.3 Å². The van der Waals surface area contributed by atoms with Gasteiger partial charge in [0.1, 0.15) is 5.82 Å². The average Bonchev–Trinajstić information content (AvgIpc) is 2.97. The molecule has 0 atom stereocenters. The number of hydrogen-bond acceptors (Lipinski definition) is 7. The van der Waals surface area contributed by atoms with Crippen LogP contribution < -0.4 is 5.73 Å². The molecule has 0 amide bonds. The number of hydrogen-bond donors (Lipinski definition) is 1. The lowest BCUT2D eigenvalue weighted by molar-refractivity contribution is 0.131. The van der Waals surface area contributed by atoms with E-state index in [1.807, 2.05) is 30.5 Å². The number of nitrogens with two attached hydrogens (primary N) is 1. The number of likely N-dealkylation sites (tertiary alicyclic amines) is 1. The minimum atomic E-state index is -0.331. The first kappa shape index (κ1) is 25.6. The van der Waals surface area contributed by atoms with Crippen LogP contribution in [0.25, 0.3) is 39.0 Å². The normalized spacial score (nSPS) is 15.5. The smallest absolute Gasteiger partial charge is 0.160 e. The molecular formula is C30H31FN6O. The van der Waals surface area contributed by atoms with E-state index in [1.165, 1.54) is 6.07 Å². The first-order valence-corrected chi connectivity index (χ1v) is 12.8. The molecule has 194 valence electrons. The van der Waals surface area contributed by atoms with E-state index in [-0.39, 0.29) is 11.9 Å². The Morgan fingerprint density at radius 2 is 1.97 bits per heavy atom. The number of nitrogens with zero attached hydrogens (tertiary/aromatic N) is 5. The van der Waals surface area contributed by atoms with E-state index < -0.39 is 0 Å². The molecule has 5 rings (SSSR count). The van der Waals surface area contributed by atoms with Gasteiger partial charge in [0, 0.05) is 85.4 Å². The van der Waals surface area contributed by atoms with Crippen molar-refractivity contribution in [3.8, 4) is 22.4 Å². The lowest BCUT2D eigenvalue weighted by Crippen LogP contribution is -2.37. The number of rotatable bonds is 8. The summed E-state index contributed by atoms with van der Waals surface area (Å²) in [5, 5.41) is 0.860. The summed E-state index contributed by atoms with van der Waals surface area (Å²) in [5.74, 6) is -0.331. The number of benzene rings is 1. The molecule has 1 fully saturated rings. The Kier molecular flexibility index (Phi) is 8.11. The van der Waals surface area contributed by atoms with Crippen LogP contribution in [0, 0.1) is 5.82 Å². The highest BCUT2D eigenvalue weighted by Crippen LogP contribution is 2.33. The van der Waals surface area contributed by atoms with Gasteiger partial charge in [-0.2, -0.15) is 0 Å². The third-order valence-corrected chi connectivity index (χ3v) is 6.89. The van der Waals surface area contributed by atoms with Crippen molar-refractivity contribution in [1.82, 2.24) is 19.9 Å². The number of pyridine rings is 3. The topological polar surface area (TPSA) is 89.5 Å². The quantitative estimate of drug-likeness (QED) is 0.336. The van der Waals surface area contributed by atoms with E-state index in [2.05, 4.69) is 19.9 Å². The molecule has 0 spiro atoms. The SMILES string of the molecule is COCCN1CCC(N=CC(=CN)c2cncc(-c3cc(-c4ccccc4F)nc4ncccc34)c2)CC1. The van der Waals surface area contributed by atoms with Crippen LogP contribution in [0.1, 0.15) is 18.4 Å². The van der Waals surface area contributed by atoms with Gasteiger partial charge in [-0.3, -0.25) is 9.98 Å². The second-order valence-corrected chi connectivity index (χ2v) is 9.34. The summed E-state index contributed by atoms with van der Waals surface area (Å²) in [6.07, 6.45) is 10.7. The van der Waals surface area contributed by atoms with Gasteiger partial charge in [-0.05, 0) is 54.8 Å². The summed E-state index contributed by atoms with van der Waals surface area (Å²) in [5.41, 5.74) is 10.9. The molecule has 7 nitrogen and oxygen atoms in total. The van der Waals surface area contributed by atoms with Gasteiger partial charge in [0.15, 0.2) is 5.65 Å².